The van der Waals surface area contributed by atoms with Crippen LogP contribution in [0.3, 0.4) is 0 Å². The van der Waals surface area contributed by atoms with Crippen molar-refractivity contribution in [2.45, 2.75) is 26.3 Å². The van der Waals surface area contributed by atoms with E-state index in [4.69, 9.17) is 14.6 Å². The van der Waals surface area contributed by atoms with E-state index >= 15 is 0 Å². The molecule has 1 atom stereocenters. The van der Waals surface area contributed by atoms with Crippen LogP contribution in [0, 0.1) is 5.92 Å². The highest BCUT2D eigenvalue weighted by atomic mass is 16.5. The van der Waals surface area contributed by atoms with Gasteiger partial charge in [-0.25, -0.2) is 4.79 Å². The fourth-order valence-electron chi connectivity index (χ4n) is 1.77. The molecule has 21 heavy (non-hydrogen) atoms. The topological polar surface area (TPSA) is 84.9 Å². The normalized spacial score (nSPS) is 11.8. The van der Waals surface area contributed by atoms with E-state index in [1.807, 2.05) is 13.8 Å². The molecule has 1 rings (SSSR count). The molecular weight excluding hydrogens is 274 g/mol. The van der Waals surface area contributed by atoms with E-state index in [1.165, 1.54) is 7.11 Å². The molecule has 0 aliphatic carbocycles. The number of carboxylic acids is 1. The maximum atomic E-state index is 11.7. The molecule has 2 N–H and O–H groups in total. The van der Waals surface area contributed by atoms with Gasteiger partial charge in [-0.3, -0.25) is 4.79 Å². The minimum atomic E-state index is -1.04. The molecule has 6 nitrogen and oxygen atoms in total. The summed E-state index contributed by atoms with van der Waals surface area (Å²) in [6, 6.07) is 5.95. The van der Waals surface area contributed by atoms with Crippen LogP contribution in [0.5, 0.6) is 11.5 Å². The number of benzene rings is 1. The minimum Gasteiger partial charge on any atom is -0.497 e. The van der Waals surface area contributed by atoms with Gasteiger partial charge in [0.1, 0.15) is 17.5 Å². The Morgan fingerprint density at radius 2 is 1.95 bits per heavy atom. The van der Waals surface area contributed by atoms with Gasteiger partial charge in [0.25, 0.3) is 5.91 Å². The molecular formula is C15H21NO5. The van der Waals surface area contributed by atoms with Crippen molar-refractivity contribution >= 4 is 11.9 Å². The summed E-state index contributed by atoms with van der Waals surface area (Å²) in [5, 5.41) is 11.5. The number of ether oxygens (including phenoxy) is 2. The third-order valence-corrected chi connectivity index (χ3v) is 2.75. The van der Waals surface area contributed by atoms with Crippen LogP contribution < -0.4 is 14.8 Å². The molecule has 0 saturated heterocycles. The van der Waals surface area contributed by atoms with Crippen molar-refractivity contribution in [2.24, 2.45) is 5.92 Å². The van der Waals surface area contributed by atoms with Crippen molar-refractivity contribution in [1.29, 1.82) is 0 Å². The molecule has 6 heteroatoms. The Kier molecular flexibility index (Phi) is 6.52. The van der Waals surface area contributed by atoms with Crippen molar-refractivity contribution in [3.05, 3.63) is 24.3 Å². The number of aliphatic carboxylic acids is 1. The number of rotatable bonds is 8. The number of methoxy groups -OCH3 is 1. The number of nitrogens with one attached hydrogen (secondary N) is 1. The molecule has 0 fully saturated rings. The van der Waals surface area contributed by atoms with Gasteiger partial charge in [-0.1, -0.05) is 19.9 Å². The van der Waals surface area contributed by atoms with Gasteiger partial charge in [0.15, 0.2) is 6.61 Å². The van der Waals surface area contributed by atoms with Crippen molar-refractivity contribution in [2.75, 3.05) is 13.7 Å². The van der Waals surface area contributed by atoms with E-state index in [0.717, 1.165) is 0 Å². The van der Waals surface area contributed by atoms with Gasteiger partial charge in [-0.05, 0) is 24.5 Å². The van der Waals surface area contributed by atoms with Crippen LogP contribution in [0.25, 0.3) is 0 Å². The van der Waals surface area contributed by atoms with Crippen LogP contribution in [0.4, 0.5) is 0 Å². The fourth-order valence-corrected chi connectivity index (χ4v) is 1.77. The molecule has 0 aromatic heterocycles. The average molecular weight is 295 g/mol. The van der Waals surface area contributed by atoms with E-state index in [1.54, 1.807) is 24.3 Å². The molecule has 1 amide bonds. The molecule has 0 bridgehead atoms. The summed E-state index contributed by atoms with van der Waals surface area (Å²) in [5.41, 5.74) is 0. The number of carbonyl (C=O) groups excluding carboxylic acids is 1. The molecule has 1 aromatic rings. The molecule has 0 unspecified atom stereocenters. The number of hydrogen-bond donors (Lipinski definition) is 2. The lowest BCUT2D eigenvalue weighted by atomic mass is 10.0. The monoisotopic (exact) mass is 295 g/mol. The largest absolute Gasteiger partial charge is 0.497 e. The molecule has 0 aliphatic rings. The summed E-state index contributed by atoms with van der Waals surface area (Å²) in [4.78, 5) is 22.8. The van der Waals surface area contributed by atoms with Crippen LogP contribution in [-0.4, -0.2) is 36.7 Å². The predicted octanol–water partition coefficient (Wildman–Crippen LogP) is 1.69. The lowest BCUT2D eigenvalue weighted by Gasteiger charge is -2.16. The maximum Gasteiger partial charge on any atom is 0.326 e. The van der Waals surface area contributed by atoms with Gasteiger partial charge >= 0.3 is 5.97 Å². The molecule has 0 radical (unpaired) electrons. The second-order valence-electron chi connectivity index (χ2n) is 5.06. The number of carboxylic acid groups (broad SMARTS) is 1. The molecule has 0 saturated carbocycles. The van der Waals surface area contributed by atoms with Crippen molar-refractivity contribution in [1.82, 2.24) is 5.32 Å². The zero-order chi connectivity index (χ0) is 15.8. The Hall–Kier alpha value is -2.24. The Morgan fingerprint density at radius 1 is 1.29 bits per heavy atom. The third-order valence-electron chi connectivity index (χ3n) is 2.75. The van der Waals surface area contributed by atoms with Gasteiger partial charge in [0.2, 0.25) is 0 Å². The lowest BCUT2D eigenvalue weighted by molar-refractivity contribution is -0.142. The first-order valence-corrected chi connectivity index (χ1v) is 6.71. The second-order valence-corrected chi connectivity index (χ2v) is 5.06. The smallest absolute Gasteiger partial charge is 0.326 e. The summed E-state index contributed by atoms with van der Waals surface area (Å²) in [7, 11) is 1.54. The molecule has 116 valence electrons. The van der Waals surface area contributed by atoms with Gasteiger partial charge in [0.05, 0.1) is 7.11 Å². The van der Waals surface area contributed by atoms with Crippen LogP contribution >= 0.6 is 0 Å². The highest BCUT2D eigenvalue weighted by molar-refractivity contribution is 5.84. The Balaban J connectivity index is 2.50. The van der Waals surface area contributed by atoms with Gasteiger partial charge in [0, 0.05) is 6.07 Å². The Morgan fingerprint density at radius 3 is 2.52 bits per heavy atom. The number of hydrogen-bond acceptors (Lipinski definition) is 4. The Labute approximate surface area is 124 Å². The van der Waals surface area contributed by atoms with Crippen LogP contribution in [0.2, 0.25) is 0 Å². The van der Waals surface area contributed by atoms with E-state index in [9.17, 15) is 9.59 Å². The van der Waals surface area contributed by atoms with Crippen LogP contribution in [0.15, 0.2) is 24.3 Å². The SMILES string of the molecule is COc1cccc(OCC(=O)N[C@@H](CC(C)C)C(=O)O)c1. The molecule has 0 heterocycles. The number of carbonyl (C=O) groups is 2. The summed E-state index contributed by atoms with van der Waals surface area (Å²) in [5.74, 6) is -0.230. The lowest BCUT2D eigenvalue weighted by Crippen LogP contribution is -2.43. The summed E-state index contributed by atoms with van der Waals surface area (Å²) < 4.78 is 10.4. The Bertz CT molecular complexity index is 487. The van der Waals surface area contributed by atoms with Crippen molar-refractivity contribution in [3.63, 3.8) is 0 Å². The predicted molar refractivity (Wildman–Crippen MR) is 77.5 cm³/mol. The summed E-state index contributed by atoms with van der Waals surface area (Å²) in [6.07, 6.45) is 0.375. The highest BCUT2D eigenvalue weighted by Gasteiger charge is 2.21. The first-order chi connectivity index (χ1) is 9.92. The highest BCUT2D eigenvalue weighted by Crippen LogP contribution is 2.18. The fraction of sp³-hybridized carbons (Fsp3) is 0.467. The quantitative estimate of drug-likeness (QED) is 0.762. The van der Waals surface area contributed by atoms with E-state index < -0.39 is 17.9 Å². The van der Waals surface area contributed by atoms with E-state index in [0.29, 0.717) is 17.9 Å². The van der Waals surface area contributed by atoms with Crippen LogP contribution in [0.1, 0.15) is 20.3 Å². The molecule has 1 aromatic carbocycles. The third kappa shape index (κ3) is 6.16. The van der Waals surface area contributed by atoms with Crippen LogP contribution in [-0.2, 0) is 9.59 Å². The second kappa shape index (κ2) is 8.14. The summed E-state index contributed by atoms with van der Waals surface area (Å²) >= 11 is 0. The average Bonchev–Trinajstić information content (AvgIpc) is 2.44. The molecule has 0 aliphatic heterocycles. The zero-order valence-electron chi connectivity index (χ0n) is 12.5. The maximum absolute atomic E-state index is 11.7. The number of amides is 1. The van der Waals surface area contributed by atoms with E-state index in [2.05, 4.69) is 5.32 Å². The minimum absolute atomic E-state index is 0.172. The standard InChI is InChI=1S/C15H21NO5/c1-10(2)7-13(15(18)19)16-14(17)9-21-12-6-4-5-11(8-12)20-3/h4-6,8,10,13H,7,9H2,1-3H3,(H,16,17)(H,18,19)/t13-/m0/s1. The first-order valence-electron chi connectivity index (χ1n) is 6.71. The van der Waals surface area contributed by atoms with Crippen molar-refractivity contribution in [3.8, 4) is 11.5 Å². The van der Waals surface area contributed by atoms with Gasteiger partial charge in [-0.2, -0.15) is 0 Å². The summed E-state index contributed by atoms with van der Waals surface area (Å²) in [6.45, 7) is 3.55. The zero-order valence-corrected chi connectivity index (χ0v) is 12.5. The first kappa shape index (κ1) is 16.8. The van der Waals surface area contributed by atoms with Gasteiger partial charge in [-0.15, -0.1) is 0 Å². The van der Waals surface area contributed by atoms with E-state index in [-0.39, 0.29) is 12.5 Å². The molecule has 0 spiro atoms. The van der Waals surface area contributed by atoms with Gasteiger partial charge < -0.3 is 19.9 Å². The van der Waals surface area contributed by atoms with Crippen molar-refractivity contribution < 1.29 is 24.2 Å².